The lowest BCUT2D eigenvalue weighted by atomic mass is 10.0. The van der Waals surface area contributed by atoms with E-state index in [1.165, 1.54) is 24.0 Å². The van der Waals surface area contributed by atoms with E-state index in [1.54, 1.807) is 0 Å². The lowest BCUT2D eigenvalue weighted by Gasteiger charge is -2.19. The predicted molar refractivity (Wildman–Crippen MR) is 91.2 cm³/mol. The number of aromatic nitrogens is 2. The van der Waals surface area contributed by atoms with E-state index in [9.17, 15) is 4.79 Å². The molecule has 23 heavy (non-hydrogen) atoms. The number of aryl methyl sites for hydroxylation is 3. The highest BCUT2D eigenvalue weighted by Crippen LogP contribution is 2.41. The summed E-state index contributed by atoms with van der Waals surface area (Å²) in [7, 11) is 1.92. The van der Waals surface area contributed by atoms with E-state index in [0.29, 0.717) is 12.3 Å². The molecule has 2 aromatic rings. The molecule has 0 bridgehead atoms. The molecule has 4 heteroatoms. The number of benzene rings is 1. The molecule has 1 aromatic carbocycles. The lowest BCUT2D eigenvalue weighted by molar-refractivity contribution is -0.121. The molecule has 0 radical (unpaired) electrons. The van der Waals surface area contributed by atoms with Crippen LogP contribution >= 0.6 is 0 Å². The largest absolute Gasteiger partial charge is 0.349 e. The van der Waals surface area contributed by atoms with Gasteiger partial charge < -0.3 is 5.32 Å². The van der Waals surface area contributed by atoms with Crippen molar-refractivity contribution in [1.29, 1.82) is 0 Å². The molecule has 1 saturated carbocycles. The summed E-state index contributed by atoms with van der Waals surface area (Å²) in [6.07, 6.45) is 2.80. The van der Waals surface area contributed by atoms with Gasteiger partial charge in [-0.25, -0.2) is 0 Å². The topological polar surface area (TPSA) is 46.9 Å². The fourth-order valence-corrected chi connectivity index (χ4v) is 3.14. The molecule has 1 amide bonds. The van der Waals surface area contributed by atoms with E-state index in [2.05, 4.69) is 41.6 Å². The monoisotopic (exact) mass is 311 g/mol. The van der Waals surface area contributed by atoms with Gasteiger partial charge in [-0.15, -0.1) is 0 Å². The third kappa shape index (κ3) is 3.46. The van der Waals surface area contributed by atoms with Crippen molar-refractivity contribution < 1.29 is 4.79 Å². The average Bonchev–Trinajstić information content (AvgIpc) is 3.31. The minimum Gasteiger partial charge on any atom is -0.349 e. The summed E-state index contributed by atoms with van der Waals surface area (Å²) in [5, 5.41) is 7.65. The van der Waals surface area contributed by atoms with Crippen LogP contribution in [-0.4, -0.2) is 15.7 Å². The summed E-state index contributed by atoms with van der Waals surface area (Å²) < 4.78 is 1.84. The maximum atomic E-state index is 12.6. The second-order valence-corrected chi connectivity index (χ2v) is 6.74. The van der Waals surface area contributed by atoms with Crippen LogP contribution in [0.5, 0.6) is 0 Å². The summed E-state index contributed by atoms with van der Waals surface area (Å²) in [5.74, 6) is 0.666. The minimum atomic E-state index is 0.0849. The van der Waals surface area contributed by atoms with Crippen molar-refractivity contribution >= 4 is 5.91 Å². The predicted octanol–water partition coefficient (Wildman–Crippen LogP) is 3.16. The number of rotatable bonds is 5. The third-order valence-corrected chi connectivity index (χ3v) is 4.84. The average molecular weight is 311 g/mol. The van der Waals surface area contributed by atoms with Gasteiger partial charge in [-0.05, 0) is 45.1 Å². The van der Waals surface area contributed by atoms with Crippen LogP contribution in [0.2, 0.25) is 0 Å². The molecule has 0 aliphatic heterocycles. The van der Waals surface area contributed by atoms with Crippen LogP contribution in [0.1, 0.15) is 47.0 Å². The normalized spacial score (nSPS) is 15.5. The molecular formula is C19H25N3O. The van der Waals surface area contributed by atoms with Crippen molar-refractivity contribution in [2.24, 2.45) is 13.0 Å². The van der Waals surface area contributed by atoms with Gasteiger partial charge in [0.05, 0.1) is 18.2 Å². The smallest absolute Gasteiger partial charge is 0.225 e. The SMILES string of the molecule is Cc1ccc(C(NC(=O)Cc2c(C)nn(C)c2C)C2CC2)cc1. The van der Waals surface area contributed by atoms with E-state index < -0.39 is 0 Å². The third-order valence-electron chi connectivity index (χ3n) is 4.84. The van der Waals surface area contributed by atoms with Crippen LogP contribution in [0.3, 0.4) is 0 Å². The van der Waals surface area contributed by atoms with E-state index >= 15 is 0 Å². The zero-order valence-electron chi connectivity index (χ0n) is 14.4. The molecule has 1 unspecified atom stereocenters. The molecule has 122 valence electrons. The highest BCUT2D eigenvalue weighted by atomic mass is 16.1. The van der Waals surface area contributed by atoms with E-state index in [4.69, 9.17) is 0 Å². The molecule has 1 aromatic heterocycles. The van der Waals surface area contributed by atoms with Gasteiger partial charge in [0.2, 0.25) is 5.91 Å². The Balaban J connectivity index is 1.73. The Hall–Kier alpha value is -2.10. The Bertz CT molecular complexity index is 711. The van der Waals surface area contributed by atoms with Crippen molar-refractivity contribution in [1.82, 2.24) is 15.1 Å². The van der Waals surface area contributed by atoms with Gasteiger partial charge in [0.1, 0.15) is 0 Å². The van der Waals surface area contributed by atoms with E-state index in [1.807, 2.05) is 25.6 Å². The Morgan fingerprint density at radius 3 is 2.43 bits per heavy atom. The Morgan fingerprint density at radius 2 is 1.91 bits per heavy atom. The number of carbonyl (C=O) groups is 1. The molecule has 1 N–H and O–H groups in total. The molecule has 1 atom stereocenters. The number of nitrogens with one attached hydrogen (secondary N) is 1. The molecule has 1 fully saturated rings. The van der Waals surface area contributed by atoms with Crippen molar-refractivity contribution in [3.63, 3.8) is 0 Å². The van der Waals surface area contributed by atoms with Crippen molar-refractivity contribution in [2.75, 3.05) is 0 Å². The van der Waals surface area contributed by atoms with Crippen LogP contribution in [0, 0.1) is 26.7 Å². The summed E-state index contributed by atoms with van der Waals surface area (Å²) in [6.45, 7) is 6.07. The number of hydrogen-bond donors (Lipinski definition) is 1. The number of amides is 1. The second-order valence-electron chi connectivity index (χ2n) is 6.74. The summed E-state index contributed by atoms with van der Waals surface area (Å²) in [6, 6.07) is 8.65. The van der Waals surface area contributed by atoms with Gasteiger partial charge in [-0.2, -0.15) is 5.10 Å². The van der Waals surface area contributed by atoms with Crippen LogP contribution < -0.4 is 5.32 Å². The molecule has 1 aliphatic carbocycles. The highest BCUT2D eigenvalue weighted by Gasteiger charge is 2.33. The van der Waals surface area contributed by atoms with Crippen LogP contribution in [0.15, 0.2) is 24.3 Å². The summed E-state index contributed by atoms with van der Waals surface area (Å²) in [5.41, 5.74) is 5.51. The Morgan fingerprint density at radius 1 is 1.26 bits per heavy atom. The van der Waals surface area contributed by atoms with Gasteiger partial charge in [0.25, 0.3) is 0 Å². The number of carbonyl (C=O) groups excluding carboxylic acids is 1. The maximum Gasteiger partial charge on any atom is 0.225 e. The lowest BCUT2D eigenvalue weighted by Crippen LogP contribution is -2.31. The van der Waals surface area contributed by atoms with Gasteiger partial charge in [-0.3, -0.25) is 9.48 Å². The molecule has 1 aliphatic rings. The molecule has 4 nitrogen and oxygen atoms in total. The Kier molecular flexibility index (Phi) is 4.24. The molecule has 3 rings (SSSR count). The first kappa shape index (κ1) is 15.8. The van der Waals surface area contributed by atoms with Crippen LogP contribution in [-0.2, 0) is 18.3 Å². The van der Waals surface area contributed by atoms with Crippen LogP contribution in [0.4, 0.5) is 0 Å². The quantitative estimate of drug-likeness (QED) is 0.922. The van der Waals surface area contributed by atoms with Gasteiger partial charge in [0, 0.05) is 18.3 Å². The zero-order valence-corrected chi connectivity index (χ0v) is 14.4. The van der Waals surface area contributed by atoms with Gasteiger partial charge in [-0.1, -0.05) is 29.8 Å². The van der Waals surface area contributed by atoms with Crippen molar-refractivity contribution in [3.05, 3.63) is 52.3 Å². The maximum absolute atomic E-state index is 12.6. The highest BCUT2D eigenvalue weighted by molar-refractivity contribution is 5.79. The van der Waals surface area contributed by atoms with Gasteiger partial charge in [0.15, 0.2) is 0 Å². The number of hydrogen-bond acceptors (Lipinski definition) is 2. The standard InChI is InChI=1S/C19H25N3O/c1-12-5-7-15(8-6-12)19(16-9-10-16)20-18(23)11-17-13(2)21-22(4)14(17)3/h5-8,16,19H,9-11H2,1-4H3,(H,20,23). The van der Waals surface area contributed by atoms with E-state index in [0.717, 1.165) is 17.0 Å². The fraction of sp³-hybridized carbons (Fsp3) is 0.474. The second kappa shape index (κ2) is 6.19. The first-order valence-electron chi connectivity index (χ1n) is 8.30. The molecular weight excluding hydrogens is 286 g/mol. The first-order valence-corrected chi connectivity index (χ1v) is 8.30. The fourth-order valence-electron chi connectivity index (χ4n) is 3.14. The van der Waals surface area contributed by atoms with Crippen LogP contribution in [0.25, 0.3) is 0 Å². The minimum absolute atomic E-state index is 0.0849. The zero-order chi connectivity index (χ0) is 16.6. The van der Waals surface area contributed by atoms with Gasteiger partial charge >= 0.3 is 0 Å². The first-order chi connectivity index (χ1) is 11.0. The van der Waals surface area contributed by atoms with Crippen molar-refractivity contribution in [2.45, 2.75) is 46.1 Å². The Labute approximate surface area is 137 Å². The molecule has 0 spiro atoms. The summed E-state index contributed by atoms with van der Waals surface area (Å²) in [4.78, 5) is 12.6. The number of nitrogens with zero attached hydrogens (tertiary/aromatic N) is 2. The van der Waals surface area contributed by atoms with Crippen molar-refractivity contribution in [3.8, 4) is 0 Å². The summed E-state index contributed by atoms with van der Waals surface area (Å²) >= 11 is 0. The molecule has 0 saturated heterocycles. The molecule has 1 heterocycles. The van der Waals surface area contributed by atoms with E-state index in [-0.39, 0.29) is 11.9 Å².